The van der Waals surface area contributed by atoms with Crippen molar-refractivity contribution in [3.63, 3.8) is 0 Å². The third-order valence-corrected chi connectivity index (χ3v) is 6.21. The van der Waals surface area contributed by atoms with Crippen molar-refractivity contribution >= 4 is 23.2 Å². The molecule has 0 aromatic heterocycles. The van der Waals surface area contributed by atoms with E-state index in [1.165, 1.54) is 0 Å². The second-order valence-corrected chi connectivity index (χ2v) is 8.39. The van der Waals surface area contributed by atoms with Gasteiger partial charge in [-0.3, -0.25) is 4.79 Å². The molecule has 1 saturated heterocycles. The Balaban J connectivity index is 1.53. The predicted molar refractivity (Wildman–Crippen MR) is 115 cm³/mol. The molecule has 1 fully saturated rings. The molecular weight excluding hydrogens is 372 g/mol. The predicted octanol–water partition coefficient (Wildman–Crippen LogP) is 4.38. The largest absolute Gasteiger partial charge is 0.389 e. The first-order chi connectivity index (χ1) is 13.4. The Labute approximate surface area is 172 Å². The van der Waals surface area contributed by atoms with Crippen LogP contribution < -0.4 is 5.32 Å². The van der Waals surface area contributed by atoms with Gasteiger partial charge in [-0.2, -0.15) is 0 Å². The molecule has 2 N–H and O–H groups in total. The Morgan fingerprint density at radius 2 is 1.75 bits per heavy atom. The van der Waals surface area contributed by atoms with Crippen molar-refractivity contribution in [3.05, 3.63) is 65.7 Å². The van der Waals surface area contributed by atoms with Crippen molar-refractivity contribution in [1.29, 1.82) is 0 Å². The smallest absolute Gasteiger partial charge is 0.230 e. The van der Waals surface area contributed by atoms with Gasteiger partial charge in [0.2, 0.25) is 5.91 Å². The highest BCUT2D eigenvalue weighted by Gasteiger charge is 2.41. The van der Waals surface area contributed by atoms with E-state index in [1.807, 2.05) is 68.4 Å². The molecule has 28 heavy (non-hydrogen) atoms. The van der Waals surface area contributed by atoms with E-state index in [2.05, 4.69) is 10.2 Å². The summed E-state index contributed by atoms with van der Waals surface area (Å²) >= 11 is 6.56. The molecule has 3 rings (SSSR count). The fourth-order valence-corrected chi connectivity index (χ4v) is 4.02. The lowest BCUT2D eigenvalue weighted by atomic mass is 9.80. The Kier molecular flexibility index (Phi) is 6.76. The average Bonchev–Trinajstić information content (AvgIpc) is 2.71. The summed E-state index contributed by atoms with van der Waals surface area (Å²) in [5, 5.41) is 13.9. The van der Waals surface area contributed by atoms with Gasteiger partial charge in [0.15, 0.2) is 0 Å². The van der Waals surface area contributed by atoms with Crippen LogP contribution in [0.25, 0.3) is 0 Å². The number of benzene rings is 2. The van der Waals surface area contributed by atoms with Gasteiger partial charge >= 0.3 is 0 Å². The monoisotopic (exact) mass is 400 g/mol. The third kappa shape index (κ3) is 5.13. The highest BCUT2D eigenvalue weighted by Crippen LogP contribution is 2.32. The lowest BCUT2D eigenvalue weighted by molar-refractivity contribution is -0.132. The number of rotatable bonds is 6. The number of aryl methyl sites for hydroxylation is 1. The number of amides is 1. The summed E-state index contributed by atoms with van der Waals surface area (Å²) in [7, 11) is 0. The van der Waals surface area contributed by atoms with Crippen molar-refractivity contribution in [2.45, 2.75) is 37.7 Å². The third-order valence-electron chi connectivity index (χ3n) is 5.82. The number of aliphatic hydroxyl groups is 1. The topological polar surface area (TPSA) is 52.6 Å². The van der Waals surface area contributed by atoms with Gasteiger partial charge < -0.3 is 15.3 Å². The number of nitrogens with zero attached hydrogens (tertiary/aromatic N) is 1. The van der Waals surface area contributed by atoms with Crippen molar-refractivity contribution in [2.24, 2.45) is 5.92 Å². The van der Waals surface area contributed by atoms with Crippen LogP contribution in [0.2, 0.25) is 0 Å². The Bertz CT molecular complexity index is 771. The maximum absolute atomic E-state index is 12.6. The standard InChI is InChI=1S/C23H29ClN2O2/c1-17-8-10-20(11-9-17)25-22(27)18(2)23(28)12-14-26(15-13-23)16-21(24)19-6-4-3-5-7-19/h3-11,18,21,28H,12-16H2,1-2H3,(H,25,27). The van der Waals surface area contributed by atoms with Gasteiger partial charge in [-0.15, -0.1) is 11.6 Å². The summed E-state index contributed by atoms with van der Waals surface area (Å²) in [6.07, 6.45) is 1.13. The van der Waals surface area contributed by atoms with Crippen LogP contribution in [-0.4, -0.2) is 41.1 Å². The zero-order valence-electron chi connectivity index (χ0n) is 16.6. The highest BCUT2D eigenvalue weighted by molar-refractivity contribution is 6.21. The summed E-state index contributed by atoms with van der Waals surface area (Å²) in [4.78, 5) is 14.9. The Morgan fingerprint density at radius 1 is 1.14 bits per heavy atom. The number of likely N-dealkylation sites (tertiary alicyclic amines) is 1. The molecule has 2 atom stereocenters. The highest BCUT2D eigenvalue weighted by atomic mass is 35.5. The van der Waals surface area contributed by atoms with E-state index >= 15 is 0 Å². The number of nitrogens with one attached hydrogen (secondary N) is 1. The molecule has 0 radical (unpaired) electrons. The summed E-state index contributed by atoms with van der Waals surface area (Å²) in [6, 6.07) is 17.7. The molecule has 0 bridgehead atoms. The lowest BCUT2D eigenvalue weighted by Gasteiger charge is -2.41. The Hall–Kier alpha value is -1.88. The van der Waals surface area contributed by atoms with Crippen molar-refractivity contribution < 1.29 is 9.90 Å². The number of hydrogen-bond donors (Lipinski definition) is 2. The number of piperidine rings is 1. The minimum atomic E-state index is -0.986. The van der Waals surface area contributed by atoms with E-state index < -0.39 is 11.5 Å². The lowest BCUT2D eigenvalue weighted by Crippen LogP contribution is -2.51. The van der Waals surface area contributed by atoms with E-state index in [4.69, 9.17) is 11.6 Å². The minimum absolute atomic E-state index is 0.0744. The summed E-state index contributed by atoms with van der Waals surface area (Å²) in [5.74, 6) is -0.615. The molecule has 5 heteroatoms. The normalized spacial score (nSPS) is 19.0. The number of halogens is 1. The van der Waals surface area contributed by atoms with Crippen LogP contribution in [0.4, 0.5) is 5.69 Å². The summed E-state index contributed by atoms with van der Waals surface area (Å²) < 4.78 is 0. The molecule has 0 aliphatic carbocycles. The van der Waals surface area contributed by atoms with E-state index in [0.717, 1.165) is 36.4 Å². The molecule has 0 spiro atoms. The molecular formula is C23H29ClN2O2. The van der Waals surface area contributed by atoms with Gasteiger partial charge in [0.1, 0.15) is 0 Å². The zero-order valence-corrected chi connectivity index (χ0v) is 17.3. The van der Waals surface area contributed by atoms with Crippen LogP contribution in [0, 0.1) is 12.8 Å². The van der Waals surface area contributed by atoms with Gasteiger partial charge in [-0.1, -0.05) is 55.0 Å². The second kappa shape index (κ2) is 9.08. The molecule has 1 amide bonds. The minimum Gasteiger partial charge on any atom is -0.389 e. The van der Waals surface area contributed by atoms with E-state index in [-0.39, 0.29) is 11.3 Å². The molecule has 150 valence electrons. The van der Waals surface area contributed by atoms with Gasteiger partial charge in [0, 0.05) is 25.3 Å². The van der Waals surface area contributed by atoms with Gasteiger partial charge in [-0.25, -0.2) is 0 Å². The van der Waals surface area contributed by atoms with Gasteiger partial charge in [0.25, 0.3) is 0 Å². The van der Waals surface area contributed by atoms with Crippen LogP contribution in [0.5, 0.6) is 0 Å². The van der Waals surface area contributed by atoms with Crippen LogP contribution in [0.15, 0.2) is 54.6 Å². The Morgan fingerprint density at radius 3 is 2.36 bits per heavy atom. The van der Waals surface area contributed by atoms with Crippen molar-refractivity contribution in [1.82, 2.24) is 4.90 Å². The fraction of sp³-hybridized carbons (Fsp3) is 0.435. The number of anilines is 1. The van der Waals surface area contributed by atoms with Gasteiger partial charge in [0.05, 0.1) is 16.9 Å². The summed E-state index contributed by atoms with van der Waals surface area (Å²) in [5.41, 5.74) is 2.03. The molecule has 1 aliphatic heterocycles. The average molecular weight is 401 g/mol. The molecule has 2 aromatic rings. The SMILES string of the molecule is Cc1ccc(NC(=O)C(C)C2(O)CCN(CC(Cl)c3ccccc3)CC2)cc1. The molecule has 1 heterocycles. The van der Waals surface area contributed by atoms with E-state index in [9.17, 15) is 9.90 Å². The summed E-state index contributed by atoms with van der Waals surface area (Å²) in [6.45, 7) is 6.02. The maximum Gasteiger partial charge on any atom is 0.230 e. The molecule has 2 aromatic carbocycles. The molecule has 0 saturated carbocycles. The van der Waals surface area contributed by atoms with Crippen LogP contribution in [0.3, 0.4) is 0 Å². The number of alkyl halides is 1. The number of hydrogen-bond acceptors (Lipinski definition) is 3. The maximum atomic E-state index is 12.6. The van der Waals surface area contributed by atoms with Gasteiger partial charge in [-0.05, 0) is 37.5 Å². The van der Waals surface area contributed by atoms with Crippen LogP contribution in [0.1, 0.15) is 36.3 Å². The first-order valence-corrected chi connectivity index (χ1v) is 10.3. The van der Waals surface area contributed by atoms with Crippen molar-refractivity contribution in [3.8, 4) is 0 Å². The fourth-order valence-electron chi connectivity index (χ4n) is 3.68. The van der Waals surface area contributed by atoms with E-state index in [0.29, 0.717) is 12.8 Å². The van der Waals surface area contributed by atoms with Crippen LogP contribution in [-0.2, 0) is 4.79 Å². The molecule has 2 unspecified atom stereocenters. The van der Waals surface area contributed by atoms with E-state index in [1.54, 1.807) is 0 Å². The first-order valence-electron chi connectivity index (χ1n) is 9.89. The quantitative estimate of drug-likeness (QED) is 0.707. The van der Waals surface area contributed by atoms with Crippen LogP contribution >= 0.6 is 11.6 Å². The molecule has 1 aliphatic rings. The first kappa shape index (κ1) is 20.8. The second-order valence-electron chi connectivity index (χ2n) is 7.86. The number of carbonyl (C=O) groups excluding carboxylic acids is 1. The van der Waals surface area contributed by atoms with Crippen molar-refractivity contribution in [2.75, 3.05) is 25.0 Å². The zero-order chi connectivity index (χ0) is 20.1. The number of carbonyl (C=O) groups is 1. The molecule has 4 nitrogen and oxygen atoms in total.